The minimum Gasteiger partial charge on any atom is -0.256 e. The molecule has 4 nitrogen and oxygen atoms in total. The molecule has 2 heterocycles. The Hall–Kier alpha value is -6.78. The summed E-state index contributed by atoms with van der Waals surface area (Å²) in [5, 5.41) is 3.54. The number of rotatable bonds is 6. The molecule has 7 aromatic carbocycles. The second-order valence-electron chi connectivity index (χ2n) is 12.4. The molecule has 0 N–H and O–H groups in total. The minimum absolute atomic E-state index is 0.641. The Bertz CT molecular complexity index is 2560. The van der Waals surface area contributed by atoms with E-state index in [0.717, 1.165) is 49.8 Å². The van der Waals surface area contributed by atoms with Gasteiger partial charge in [0.15, 0.2) is 17.5 Å². The quantitative estimate of drug-likeness (QED) is 0.182. The van der Waals surface area contributed by atoms with E-state index in [2.05, 4.69) is 108 Å². The fourth-order valence-corrected chi connectivity index (χ4v) is 6.53. The molecule has 9 aromatic rings. The lowest BCUT2D eigenvalue weighted by Crippen LogP contribution is -2.00. The van der Waals surface area contributed by atoms with Gasteiger partial charge in [0.25, 0.3) is 0 Å². The van der Waals surface area contributed by atoms with E-state index in [9.17, 15) is 0 Å². The van der Waals surface area contributed by atoms with Crippen LogP contribution in [-0.2, 0) is 0 Å². The molecular formula is C46H30N4. The second-order valence-corrected chi connectivity index (χ2v) is 12.4. The molecule has 0 saturated carbocycles. The summed E-state index contributed by atoms with van der Waals surface area (Å²) in [6.07, 6.45) is 1.96. The summed E-state index contributed by atoms with van der Waals surface area (Å²) < 4.78 is 0. The number of fused-ring (bicyclic) bond motifs is 2. The number of nitrogens with zero attached hydrogens (tertiary/aromatic N) is 4. The molecule has 0 saturated heterocycles. The van der Waals surface area contributed by atoms with Crippen LogP contribution in [0.5, 0.6) is 0 Å². The van der Waals surface area contributed by atoms with Crippen LogP contribution in [0.2, 0.25) is 0 Å². The highest BCUT2D eigenvalue weighted by atomic mass is 15.0. The standard InChI is InChI=1S/C46H30N4/c1-3-11-34(12-4-1)44-48-45(35-13-5-2-6-14-35)50-46(49-44)36-25-23-33(24-26-36)42-29-38-16-8-7-15-37(38)28-41(42)32-21-19-31(20-22-32)40-27-39-17-9-10-18-43(39)47-30-40/h1-30H. The molecule has 9 rings (SSSR count). The first kappa shape index (κ1) is 29.4. The van der Waals surface area contributed by atoms with E-state index < -0.39 is 0 Å². The highest BCUT2D eigenvalue weighted by molar-refractivity contribution is 5.97. The molecular weight excluding hydrogens is 609 g/mol. The van der Waals surface area contributed by atoms with Gasteiger partial charge >= 0.3 is 0 Å². The van der Waals surface area contributed by atoms with Crippen LogP contribution in [-0.4, -0.2) is 19.9 Å². The summed E-state index contributed by atoms with van der Waals surface area (Å²) in [7, 11) is 0. The average molecular weight is 639 g/mol. The predicted molar refractivity (Wildman–Crippen MR) is 205 cm³/mol. The highest BCUT2D eigenvalue weighted by Crippen LogP contribution is 2.38. The summed E-state index contributed by atoms with van der Waals surface area (Å²) in [5.74, 6) is 1.94. The van der Waals surface area contributed by atoms with E-state index in [0.29, 0.717) is 17.5 Å². The molecule has 50 heavy (non-hydrogen) atoms. The third-order valence-electron chi connectivity index (χ3n) is 9.16. The minimum atomic E-state index is 0.641. The number of pyridine rings is 1. The van der Waals surface area contributed by atoms with E-state index in [1.54, 1.807) is 0 Å². The maximum atomic E-state index is 4.93. The van der Waals surface area contributed by atoms with Gasteiger partial charge in [-0.3, -0.25) is 4.98 Å². The molecule has 0 aliphatic rings. The number of para-hydroxylation sites is 1. The molecule has 0 unspecified atom stereocenters. The Balaban J connectivity index is 1.11. The predicted octanol–water partition coefficient (Wildman–Crippen LogP) is 11.6. The zero-order valence-corrected chi connectivity index (χ0v) is 27.1. The lowest BCUT2D eigenvalue weighted by Gasteiger charge is -2.14. The van der Waals surface area contributed by atoms with Crippen molar-refractivity contribution in [3.8, 4) is 67.5 Å². The average Bonchev–Trinajstić information content (AvgIpc) is 3.21. The normalized spacial score (nSPS) is 11.2. The molecule has 0 atom stereocenters. The maximum absolute atomic E-state index is 4.93. The smallest absolute Gasteiger partial charge is 0.164 e. The third-order valence-corrected chi connectivity index (χ3v) is 9.16. The van der Waals surface area contributed by atoms with E-state index in [4.69, 9.17) is 15.0 Å². The van der Waals surface area contributed by atoms with Gasteiger partial charge in [-0.1, -0.05) is 152 Å². The Kier molecular flexibility index (Phi) is 7.45. The molecule has 4 heteroatoms. The summed E-state index contributed by atoms with van der Waals surface area (Å²) >= 11 is 0. The molecule has 2 aromatic heterocycles. The van der Waals surface area contributed by atoms with Crippen molar-refractivity contribution in [1.29, 1.82) is 0 Å². The van der Waals surface area contributed by atoms with Crippen LogP contribution in [0.4, 0.5) is 0 Å². The van der Waals surface area contributed by atoms with Crippen molar-refractivity contribution in [3.63, 3.8) is 0 Å². The zero-order valence-electron chi connectivity index (χ0n) is 27.1. The molecule has 0 aliphatic heterocycles. The van der Waals surface area contributed by atoms with Gasteiger partial charge in [0, 0.05) is 33.8 Å². The summed E-state index contributed by atoms with van der Waals surface area (Å²) in [4.78, 5) is 19.4. The lowest BCUT2D eigenvalue weighted by atomic mass is 9.90. The van der Waals surface area contributed by atoms with Gasteiger partial charge in [-0.15, -0.1) is 0 Å². The zero-order chi connectivity index (χ0) is 33.3. The number of benzene rings is 7. The molecule has 0 spiro atoms. The molecule has 0 bridgehead atoms. The van der Waals surface area contributed by atoms with Crippen LogP contribution in [0, 0.1) is 0 Å². The van der Waals surface area contributed by atoms with E-state index >= 15 is 0 Å². The summed E-state index contributed by atoms with van der Waals surface area (Å²) in [5.41, 5.74) is 10.7. The lowest BCUT2D eigenvalue weighted by molar-refractivity contribution is 1.07. The van der Waals surface area contributed by atoms with E-state index in [1.165, 1.54) is 21.9 Å². The van der Waals surface area contributed by atoms with Crippen LogP contribution in [0.3, 0.4) is 0 Å². The molecule has 0 radical (unpaired) electrons. The first-order chi connectivity index (χ1) is 24.7. The fraction of sp³-hybridized carbons (Fsp3) is 0. The van der Waals surface area contributed by atoms with E-state index in [1.807, 2.05) is 79.0 Å². The van der Waals surface area contributed by atoms with Gasteiger partial charge in [-0.2, -0.15) is 0 Å². The Morgan fingerprint density at radius 2 is 0.680 bits per heavy atom. The van der Waals surface area contributed by atoms with Crippen LogP contribution in [0.15, 0.2) is 182 Å². The Morgan fingerprint density at radius 1 is 0.280 bits per heavy atom. The van der Waals surface area contributed by atoms with Gasteiger partial charge in [0.1, 0.15) is 0 Å². The monoisotopic (exact) mass is 638 g/mol. The van der Waals surface area contributed by atoms with Crippen molar-refractivity contribution in [2.45, 2.75) is 0 Å². The topological polar surface area (TPSA) is 51.6 Å². The number of aromatic nitrogens is 4. The van der Waals surface area contributed by atoms with Gasteiger partial charge in [-0.25, -0.2) is 15.0 Å². The molecule has 234 valence electrons. The second kappa shape index (κ2) is 12.7. The Morgan fingerprint density at radius 3 is 1.20 bits per heavy atom. The van der Waals surface area contributed by atoms with E-state index in [-0.39, 0.29) is 0 Å². The van der Waals surface area contributed by atoms with Gasteiger partial charge in [0.2, 0.25) is 0 Å². The van der Waals surface area contributed by atoms with Crippen molar-refractivity contribution in [2.75, 3.05) is 0 Å². The molecule has 0 amide bonds. The third kappa shape index (κ3) is 5.69. The van der Waals surface area contributed by atoms with Crippen LogP contribution < -0.4 is 0 Å². The van der Waals surface area contributed by atoms with Crippen molar-refractivity contribution in [2.24, 2.45) is 0 Å². The Labute approximate surface area is 290 Å². The van der Waals surface area contributed by atoms with Crippen molar-refractivity contribution >= 4 is 21.7 Å². The first-order valence-electron chi connectivity index (χ1n) is 16.7. The van der Waals surface area contributed by atoms with Crippen LogP contribution in [0.1, 0.15) is 0 Å². The molecule has 0 aliphatic carbocycles. The highest BCUT2D eigenvalue weighted by Gasteiger charge is 2.14. The van der Waals surface area contributed by atoms with Gasteiger partial charge in [-0.05, 0) is 62.9 Å². The first-order valence-corrected chi connectivity index (χ1v) is 16.7. The van der Waals surface area contributed by atoms with Crippen molar-refractivity contribution in [1.82, 2.24) is 19.9 Å². The summed E-state index contributed by atoms with van der Waals surface area (Å²) in [6.45, 7) is 0. The number of hydrogen-bond donors (Lipinski definition) is 0. The van der Waals surface area contributed by atoms with Gasteiger partial charge < -0.3 is 0 Å². The van der Waals surface area contributed by atoms with Crippen molar-refractivity contribution < 1.29 is 0 Å². The fourth-order valence-electron chi connectivity index (χ4n) is 6.53. The van der Waals surface area contributed by atoms with Crippen LogP contribution in [0.25, 0.3) is 89.2 Å². The number of hydrogen-bond acceptors (Lipinski definition) is 4. The summed E-state index contributed by atoms with van der Waals surface area (Å²) in [6, 6.07) is 61.1. The van der Waals surface area contributed by atoms with Gasteiger partial charge in [0.05, 0.1) is 5.52 Å². The van der Waals surface area contributed by atoms with Crippen LogP contribution >= 0.6 is 0 Å². The SMILES string of the molecule is c1ccc(-c2nc(-c3ccccc3)nc(-c3ccc(-c4cc5ccccc5cc4-c4ccc(-c5cnc6ccccc6c5)cc4)cc3)n2)cc1. The molecule has 0 fully saturated rings. The maximum Gasteiger partial charge on any atom is 0.164 e. The largest absolute Gasteiger partial charge is 0.256 e. The van der Waals surface area contributed by atoms with Crippen molar-refractivity contribution in [3.05, 3.63) is 182 Å².